The molecule has 4 rings (SSSR count). The second-order valence-corrected chi connectivity index (χ2v) is 8.37. The van der Waals surface area contributed by atoms with Crippen LogP contribution in [0.1, 0.15) is 54.9 Å². The number of amides is 2. The molecule has 9 nitrogen and oxygen atoms in total. The predicted octanol–water partition coefficient (Wildman–Crippen LogP) is 2.84. The maximum Gasteiger partial charge on any atom is 0.387 e. The molecule has 1 saturated carbocycles. The van der Waals surface area contributed by atoms with Crippen LogP contribution in [0.5, 0.6) is 11.5 Å². The van der Waals surface area contributed by atoms with Gasteiger partial charge in [-0.1, -0.05) is 0 Å². The zero-order chi connectivity index (χ0) is 23.7. The number of aromatic nitrogens is 1. The molecule has 1 aliphatic carbocycles. The number of nitrogens with two attached hydrogens (primary N) is 2. The number of halogens is 2. The average Bonchev–Trinajstić information content (AvgIpc) is 3.26. The standard InChI is InChI=1S/C22H26F2N4O5/c1-11(25)18-17(21(30)28-8-2-3-14(28)19(26)29)27-20(33-18)13-6-7-15(32-22(23)24)16(9-13)31-10-12-4-5-12/h6-7,9,11-12,14,22H,2-5,8,10,25H2,1H3,(H2,26,29)/t11-,14?/m0/s1. The van der Waals surface area contributed by atoms with Crippen molar-refractivity contribution in [2.75, 3.05) is 13.2 Å². The minimum Gasteiger partial charge on any atom is -0.489 e. The Hall–Kier alpha value is -3.21. The summed E-state index contributed by atoms with van der Waals surface area (Å²) in [7, 11) is 0. The number of benzene rings is 1. The number of ether oxygens (including phenoxy) is 2. The topological polar surface area (TPSA) is 134 Å². The van der Waals surface area contributed by atoms with Gasteiger partial charge in [0.15, 0.2) is 23.0 Å². The molecule has 2 amide bonds. The lowest BCUT2D eigenvalue weighted by atomic mass is 10.1. The first kappa shape index (κ1) is 23.0. The van der Waals surface area contributed by atoms with E-state index in [1.165, 1.54) is 23.1 Å². The Bertz CT molecular complexity index is 1040. The molecule has 2 aromatic rings. The highest BCUT2D eigenvalue weighted by Crippen LogP contribution is 2.37. The lowest BCUT2D eigenvalue weighted by Crippen LogP contribution is -2.44. The summed E-state index contributed by atoms with van der Waals surface area (Å²) in [4.78, 5) is 30.6. The zero-order valence-electron chi connectivity index (χ0n) is 18.1. The molecule has 0 spiro atoms. The first-order valence-electron chi connectivity index (χ1n) is 10.8. The van der Waals surface area contributed by atoms with Gasteiger partial charge in [0.05, 0.1) is 12.6 Å². The van der Waals surface area contributed by atoms with E-state index in [2.05, 4.69) is 9.72 Å². The molecule has 4 N–H and O–H groups in total. The maximum absolute atomic E-state index is 13.2. The number of rotatable bonds is 9. The summed E-state index contributed by atoms with van der Waals surface area (Å²) in [5.41, 5.74) is 11.8. The second kappa shape index (κ2) is 9.34. The average molecular weight is 464 g/mol. The van der Waals surface area contributed by atoms with Gasteiger partial charge in [-0.25, -0.2) is 4.98 Å². The van der Waals surface area contributed by atoms with Crippen LogP contribution in [0.15, 0.2) is 22.6 Å². The fourth-order valence-electron chi connectivity index (χ4n) is 3.80. The first-order chi connectivity index (χ1) is 15.7. The number of likely N-dealkylation sites (tertiary alicyclic amines) is 1. The van der Waals surface area contributed by atoms with E-state index in [0.29, 0.717) is 37.5 Å². The Morgan fingerprint density at radius 3 is 2.67 bits per heavy atom. The first-order valence-corrected chi connectivity index (χ1v) is 10.8. The summed E-state index contributed by atoms with van der Waals surface area (Å²) in [6.45, 7) is -0.618. The summed E-state index contributed by atoms with van der Waals surface area (Å²) >= 11 is 0. The smallest absolute Gasteiger partial charge is 0.387 e. The Morgan fingerprint density at radius 1 is 1.27 bits per heavy atom. The Balaban J connectivity index is 1.66. The molecule has 0 bridgehead atoms. The van der Waals surface area contributed by atoms with Crippen molar-refractivity contribution in [3.8, 4) is 23.0 Å². The molecule has 178 valence electrons. The normalized spacial score (nSPS) is 19.1. The SMILES string of the molecule is C[C@H](N)c1oc(-c2ccc(OC(F)F)c(OCC3CC3)c2)nc1C(=O)N1CCCC1C(N)=O. The molecule has 0 radical (unpaired) electrons. The van der Waals surface area contributed by atoms with Gasteiger partial charge in [-0.15, -0.1) is 0 Å². The van der Waals surface area contributed by atoms with Crippen molar-refractivity contribution in [3.63, 3.8) is 0 Å². The van der Waals surface area contributed by atoms with Crippen LogP contribution in [0.3, 0.4) is 0 Å². The van der Waals surface area contributed by atoms with E-state index in [4.69, 9.17) is 20.6 Å². The van der Waals surface area contributed by atoms with Crippen molar-refractivity contribution in [1.82, 2.24) is 9.88 Å². The maximum atomic E-state index is 13.2. The van der Waals surface area contributed by atoms with Gasteiger partial charge in [0, 0.05) is 12.1 Å². The molecular formula is C22H26F2N4O5. The van der Waals surface area contributed by atoms with Crippen LogP contribution in [-0.4, -0.2) is 47.5 Å². The molecule has 2 atom stereocenters. The molecular weight excluding hydrogens is 438 g/mol. The van der Waals surface area contributed by atoms with E-state index in [1.807, 2.05) is 0 Å². The Morgan fingerprint density at radius 2 is 2.03 bits per heavy atom. The number of hydrogen-bond donors (Lipinski definition) is 2. The van der Waals surface area contributed by atoms with Crippen molar-refractivity contribution in [3.05, 3.63) is 29.7 Å². The second-order valence-electron chi connectivity index (χ2n) is 8.37. The summed E-state index contributed by atoms with van der Waals surface area (Å²) in [5.74, 6) is -0.450. The van der Waals surface area contributed by atoms with E-state index in [9.17, 15) is 18.4 Å². The van der Waals surface area contributed by atoms with Gasteiger partial charge in [0.1, 0.15) is 6.04 Å². The van der Waals surface area contributed by atoms with Crippen LogP contribution in [0, 0.1) is 5.92 Å². The number of oxazole rings is 1. The number of nitrogens with zero attached hydrogens (tertiary/aromatic N) is 2. The summed E-state index contributed by atoms with van der Waals surface area (Å²) in [6.07, 6.45) is 3.17. The molecule has 1 aliphatic heterocycles. The molecule has 2 fully saturated rings. The number of primary amides is 1. The van der Waals surface area contributed by atoms with Crippen LogP contribution >= 0.6 is 0 Å². The van der Waals surface area contributed by atoms with Crippen molar-refractivity contribution < 1.29 is 32.3 Å². The highest BCUT2D eigenvalue weighted by atomic mass is 19.3. The molecule has 2 heterocycles. The van der Waals surface area contributed by atoms with Crippen molar-refractivity contribution >= 4 is 11.8 Å². The van der Waals surface area contributed by atoms with Gasteiger partial charge in [-0.3, -0.25) is 9.59 Å². The van der Waals surface area contributed by atoms with Crippen LogP contribution in [0.2, 0.25) is 0 Å². The van der Waals surface area contributed by atoms with Crippen LogP contribution in [-0.2, 0) is 4.79 Å². The summed E-state index contributed by atoms with van der Waals surface area (Å²) in [6, 6.07) is 2.92. The monoisotopic (exact) mass is 464 g/mol. The van der Waals surface area contributed by atoms with E-state index in [0.717, 1.165) is 12.8 Å². The minimum atomic E-state index is -3.01. The van der Waals surface area contributed by atoms with E-state index < -0.39 is 30.5 Å². The Kier molecular flexibility index (Phi) is 6.50. The molecule has 2 aliphatic rings. The number of carbonyl (C=O) groups is 2. The number of alkyl halides is 2. The van der Waals surface area contributed by atoms with Crippen molar-refractivity contribution in [2.45, 2.75) is 51.3 Å². The fourth-order valence-corrected chi connectivity index (χ4v) is 3.80. The van der Waals surface area contributed by atoms with Crippen LogP contribution in [0.25, 0.3) is 11.5 Å². The molecule has 1 aromatic carbocycles. The molecule has 1 aromatic heterocycles. The predicted molar refractivity (Wildman–Crippen MR) is 113 cm³/mol. The molecule has 1 unspecified atom stereocenters. The van der Waals surface area contributed by atoms with Gasteiger partial charge in [0.25, 0.3) is 5.91 Å². The lowest BCUT2D eigenvalue weighted by molar-refractivity contribution is -0.121. The largest absolute Gasteiger partial charge is 0.489 e. The third kappa shape index (κ3) is 5.08. The number of hydrogen-bond acceptors (Lipinski definition) is 7. The fraction of sp³-hybridized carbons (Fsp3) is 0.500. The van der Waals surface area contributed by atoms with Crippen LogP contribution in [0.4, 0.5) is 8.78 Å². The van der Waals surface area contributed by atoms with E-state index >= 15 is 0 Å². The van der Waals surface area contributed by atoms with E-state index in [1.54, 1.807) is 6.92 Å². The number of carbonyl (C=O) groups excluding carboxylic acids is 2. The lowest BCUT2D eigenvalue weighted by Gasteiger charge is -2.21. The zero-order valence-corrected chi connectivity index (χ0v) is 18.1. The quantitative estimate of drug-likeness (QED) is 0.583. The highest BCUT2D eigenvalue weighted by molar-refractivity contribution is 5.97. The van der Waals surface area contributed by atoms with E-state index in [-0.39, 0.29) is 28.8 Å². The van der Waals surface area contributed by atoms with Gasteiger partial charge in [0.2, 0.25) is 11.8 Å². The minimum absolute atomic E-state index is 0.0125. The van der Waals surface area contributed by atoms with Gasteiger partial charge in [-0.2, -0.15) is 8.78 Å². The third-order valence-corrected chi connectivity index (χ3v) is 5.69. The highest BCUT2D eigenvalue weighted by Gasteiger charge is 2.36. The third-order valence-electron chi connectivity index (χ3n) is 5.69. The van der Waals surface area contributed by atoms with Gasteiger partial charge < -0.3 is 30.3 Å². The van der Waals surface area contributed by atoms with Crippen molar-refractivity contribution in [1.29, 1.82) is 0 Å². The van der Waals surface area contributed by atoms with Crippen LogP contribution < -0.4 is 20.9 Å². The molecule has 33 heavy (non-hydrogen) atoms. The summed E-state index contributed by atoms with van der Waals surface area (Å²) < 4.78 is 41.7. The van der Waals surface area contributed by atoms with Gasteiger partial charge in [-0.05, 0) is 56.7 Å². The summed E-state index contributed by atoms with van der Waals surface area (Å²) in [5, 5.41) is 0. The molecule has 1 saturated heterocycles. The Labute approximate surface area is 189 Å². The van der Waals surface area contributed by atoms with Crippen molar-refractivity contribution in [2.24, 2.45) is 17.4 Å². The molecule has 11 heteroatoms. The van der Waals surface area contributed by atoms with Gasteiger partial charge >= 0.3 is 6.61 Å².